The van der Waals surface area contributed by atoms with Crippen LogP contribution < -0.4 is 20.1 Å². The molecule has 2 N–H and O–H groups in total. The van der Waals surface area contributed by atoms with Crippen molar-refractivity contribution in [2.75, 3.05) is 51.0 Å². The zero-order valence-electron chi connectivity index (χ0n) is 19.1. The second kappa shape index (κ2) is 9.90. The van der Waals surface area contributed by atoms with Crippen molar-refractivity contribution >= 4 is 34.4 Å². The normalized spacial score (nSPS) is 13.7. The molecule has 178 valence electrons. The van der Waals surface area contributed by atoms with Crippen LogP contribution >= 0.6 is 0 Å². The summed E-state index contributed by atoms with van der Waals surface area (Å²) in [6.07, 6.45) is 0.192. The highest BCUT2D eigenvalue weighted by atomic mass is 19.1. The number of rotatable bonds is 7. The van der Waals surface area contributed by atoms with Crippen LogP contribution in [0, 0.1) is 5.82 Å². The summed E-state index contributed by atoms with van der Waals surface area (Å²) in [5.41, 5.74) is 7.23. The topological polar surface area (TPSA) is 111 Å². The number of fused-ring (bicyclic) bond motifs is 1. The van der Waals surface area contributed by atoms with E-state index in [1.54, 1.807) is 31.3 Å². The fourth-order valence-corrected chi connectivity index (χ4v) is 3.92. The van der Waals surface area contributed by atoms with E-state index in [1.165, 1.54) is 24.3 Å². The number of Topliss-reactive ketones (excluding diaryl/α,β-unsaturated/α-hetero) is 1. The van der Waals surface area contributed by atoms with Crippen LogP contribution in [0.1, 0.15) is 23.2 Å². The highest BCUT2D eigenvalue weighted by Crippen LogP contribution is 2.34. The summed E-state index contributed by atoms with van der Waals surface area (Å²) in [4.78, 5) is 37.7. The highest BCUT2D eigenvalue weighted by molar-refractivity contribution is 5.98. The molecule has 1 aliphatic heterocycles. The molecule has 2 aromatic carbocycles. The number of hydrogen-bond donors (Lipinski definition) is 1. The molecule has 0 atom stereocenters. The largest absolute Gasteiger partial charge is 0.493 e. The first-order valence-electron chi connectivity index (χ1n) is 10.9. The number of ether oxygens (including phenoxy) is 2. The van der Waals surface area contributed by atoms with Crippen LogP contribution in [0.25, 0.3) is 10.9 Å². The van der Waals surface area contributed by atoms with E-state index in [2.05, 4.69) is 9.97 Å². The van der Waals surface area contributed by atoms with E-state index in [-0.39, 0.29) is 24.5 Å². The molecule has 0 unspecified atom stereocenters. The van der Waals surface area contributed by atoms with Crippen molar-refractivity contribution in [3.8, 4) is 11.5 Å². The van der Waals surface area contributed by atoms with Crippen molar-refractivity contribution in [1.82, 2.24) is 14.9 Å². The summed E-state index contributed by atoms with van der Waals surface area (Å²) in [5.74, 6) is 1.23. The molecule has 4 rings (SSSR count). The summed E-state index contributed by atoms with van der Waals surface area (Å²) >= 11 is 0. The van der Waals surface area contributed by atoms with E-state index in [9.17, 15) is 14.0 Å². The second-order valence-corrected chi connectivity index (χ2v) is 7.93. The van der Waals surface area contributed by atoms with E-state index in [4.69, 9.17) is 15.2 Å². The van der Waals surface area contributed by atoms with Gasteiger partial charge in [0.15, 0.2) is 17.3 Å². The van der Waals surface area contributed by atoms with Crippen LogP contribution in [0.5, 0.6) is 11.5 Å². The molecular formula is C24H26FN5O4. The number of anilines is 2. The number of ketones is 1. The summed E-state index contributed by atoms with van der Waals surface area (Å²) < 4.78 is 23.7. The number of carbonyl (C=O) groups excluding carboxylic acids is 2. The Morgan fingerprint density at radius 1 is 0.971 bits per heavy atom. The van der Waals surface area contributed by atoms with Crippen molar-refractivity contribution in [1.29, 1.82) is 0 Å². The predicted octanol–water partition coefficient (Wildman–Crippen LogP) is 2.68. The molecular weight excluding hydrogens is 441 g/mol. The van der Waals surface area contributed by atoms with E-state index >= 15 is 0 Å². The van der Waals surface area contributed by atoms with Crippen LogP contribution in [0.4, 0.5) is 16.2 Å². The molecule has 9 nitrogen and oxygen atoms in total. The number of methoxy groups -OCH3 is 2. The molecule has 0 aliphatic carbocycles. The number of halogens is 1. The van der Waals surface area contributed by atoms with Crippen molar-refractivity contribution in [2.45, 2.75) is 12.8 Å². The maximum atomic E-state index is 13.0. The standard InChI is InChI=1S/C24H26FN5O4/c1-33-20-13-17-18(14-21(20)34-2)27-24(28-23(17)26)30-11-9-29(10-12-30)22(32)8-7-19(31)15-3-5-16(25)6-4-15/h3-6,13-14H,7-12H2,1-2H3,(H2,26,27,28). The Morgan fingerprint density at radius 2 is 1.62 bits per heavy atom. The van der Waals surface area contributed by atoms with Crippen molar-refractivity contribution in [3.63, 3.8) is 0 Å². The van der Waals surface area contributed by atoms with Gasteiger partial charge in [0.25, 0.3) is 0 Å². The molecule has 1 aliphatic rings. The minimum absolute atomic E-state index is 0.0836. The van der Waals surface area contributed by atoms with Crippen molar-refractivity contribution < 1.29 is 23.5 Å². The lowest BCUT2D eigenvalue weighted by molar-refractivity contribution is -0.131. The number of nitrogen functional groups attached to an aromatic ring is 1. The lowest BCUT2D eigenvalue weighted by Crippen LogP contribution is -2.49. The zero-order valence-corrected chi connectivity index (χ0v) is 19.1. The molecule has 3 aromatic rings. The van der Waals surface area contributed by atoms with E-state index in [1.807, 2.05) is 4.90 Å². The van der Waals surface area contributed by atoms with Gasteiger partial charge in [-0.15, -0.1) is 0 Å². The maximum Gasteiger partial charge on any atom is 0.228 e. The molecule has 0 saturated carbocycles. The molecule has 0 spiro atoms. The van der Waals surface area contributed by atoms with Crippen LogP contribution in [-0.4, -0.2) is 67.0 Å². The third-order valence-electron chi connectivity index (χ3n) is 5.87. The number of carbonyl (C=O) groups is 2. The lowest BCUT2D eigenvalue weighted by Gasteiger charge is -2.35. The van der Waals surface area contributed by atoms with Gasteiger partial charge in [-0.25, -0.2) is 9.37 Å². The minimum Gasteiger partial charge on any atom is -0.493 e. The van der Waals surface area contributed by atoms with Gasteiger partial charge in [0, 0.05) is 56.0 Å². The van der Waals surface area contributed by atoms with Gasteiger partial charge in [0.05, 0.1) is 19.7 Å². The third-order valence-corrected chi connectivity index (χ3v) is 5.87. The summed E-state index contributed by atoms with van der Waals surface area (Å²) in [6.45, 7) is 2.04. The molecule has 1 amide bonds. The number of aromatic nitrogens is 2. The van der Waals surface area contributed by atoms with E-state index in [0.717, 1.165) is 0 Å². The first-order valence-corrected chi connectivity index (χ1v) is 10.9. The first-order chi connectivity index (χ1) is 16.4. The van der Waals surface area contributed by atoms with Gasteiger partial charge in [0.1, 0.15) is 11.6 Å². The Labute approximate surface area is 196 Å². The number of benzene rings is 2. The van der Waals surface area contributed by atoms with Crippen LogP contribution in [0.2, 0.25) is 0 Å². The lowest BCUT2D eigenvalue weighted by atomic mass is 10.1. The predicted molar refractivity (Wildman–Crippen MR) is 126 cm³/mol. The average Bonchev–Trinajstić information content (AvgIpc) is 2.86. The van der Waals surface area contributed by atoms with Crippen LogP contribution in [0.3, 0.4) is 0 Å². The van der Waals surface area contributed by atoms with E-state index < -0.39 is 5.82 Å². The van der Waals surface area contributed by atoms with Gasteiger partial charge < -0.3 is 25.0 Å². The van der Waals surface area contributed by atoms with Crippen molar-refractivity contribution in [2.24, 2.45) is 0 Å². The quantitative estimate of drug-likeness (QED) is 0.528. The fraction of sp³-hybridized carbons (Fsp3) is 0.333. The Morgan fingerprint density at radius 3 is 2.26 bits per heavy atom. The minimum atomic E-state index is -0.401. The molecule has 2 heterocycles. The summed E-state index contributed by atoms with van der Waals surface area (Å²) in [5, 5.41) is 0.668. The molecule has 10 heteroatoms. The van der Waals surface area contributed by atoms with Gasteiger partial charge in [-0.1, -0.05) is 0 Å². The van der Waals surface area contributed by atoms with Gasteiger partial charge in [-0.3, -0.25) is 9.59 Å². The third kappa shape index (κ3) is 4.85. The van der Waals surface area contributed by atoms with Crippen LogP contribution in [-0.2, 0) is 4.79 Å². The van der Waals surface area contributed by atoms with Crippen LogP contribution in [0.15, 0.2) is 36.4 Å². The van der Waals surface area contributed by atoms with E-state index in [0.29, 0.717) is 65.9 Å². The first kappa shape index (κ1) is 23.2. The van der Waals surface area contributed by atoms with Crippen molar-refractivity contribution in [3.05, 3.63) is 47.8 Å². The zero-order chi connectivity index (χ0) is 24.2. The van der Waals surface area contributed by atoms with Gasteiger partial charge in [-0.2, -0.15) is 4.98 Å². The Balaban J connectivity index is 1.37. The maximum absolute atomic E-state index is 13.0. The monoisotopic (exact) mass is 467 g/mol. The molecule has 0 radical (unpaired) electrons. The Kier molecular flexibility index (Phi) is 6.76. The second-order valence-electron chi connectivity index (χ2n) is 7.93. The SMILES string of the molecule is COc1cc2nc(N3CCN(C(=O)CCC(=O)c4ccc(F)cc4)CC3)nc(N)c2cc1OC. The summed E-state index contributed by atoms with van der Waals surface area (Å²) in [7, 11) is 3.10. The number of nitrogens with zero attached hydrogens (tertiary/aromatic N) is 4. The highest BCUT2D eigenvalue weighted by Gasteiger charge is 2.24. The Bertz CT molecular complexity index is 1210. The molecule has 1 fully saturated rings. The average molecular weight is 468 g/mol. The molecule has 0 bridgehead atoms. The number of piperazine rings is 1. The number of nitrogens with two attached hydrogens (primary N) is 1. The Hall–Kier alpha value is -3.95. The fourth-order valence-electron chi connectivity index (χ4n) is 3.92. The van der Waals surface area contributed by atoms with Gasteiger partial charge in [-0.05, 0) is 30.3 Å². The molecule has 1 aromatic heterocycles. The molecule has 1 saturated heterocycles. The number of hydrogen-bond acceptors (Lipinski definition) is 8. The number of amides is 1. The smallest absolute Gasteiger partial charge is 0.228 e. The molecule has 34 heavy (non-hydrogen) atoms. The van der Waals surface area contributed by atoms with Gasteiger partial charge in [0.2, 0.25) is 11.9 Å². The summed E-state index contributed by atoms with van der Waals surface area (Å²) in [6, 6.07) is 8.85. The van der Waals surface area contributed by atoms with Gasteiger partial charge >= 0.3 is 0 Å².